The van der Waals surface area contributed by atoms with Gasteiger partial charge >= 0.3 is 0 Å². The lowest BCUT2D eigenvalue weighted by Crippen LogP contribution is -2.20. The van der Waals surface area contributed by atoms with Crippen LogP contribution in [0.5, 0.6) is 0 Å². The average molecular weight is 242 g/mol. The number of pyridine rings is 1. The van der Waals surface area contributed by atoms with E-state index in [1.807, 2.05) is 43.3 Å². The molecule has 0 aliphatic rings. The van der Waals surface area contributed by atoms with Crippen LogP contribution < -0.4 is 5.73 Å². The highest BCUT2D eigenvalue weighted by Gasteiger charge is 2.21. The minimum Gasteiger partial charge on any atom is -0.388 e. The fourth-order valence-corrected chi connectivity index (χ4v) is 2.04. The summed E-state index contributed by atoms with van der Waals surface area (Å²) in [7, 11) is 0. The lowest BCUT2D eigenvalue weighted by molar-refractivity contribution is 0.147. The van der Waals surface area contributed by atoms with Crippen LogP contribution in [0.1, 0.15) is 28.7 Å². The van der Waals surface area contributed by atoms with Gasteiger partial charge in [-0.3, -0.25) is 4.98 Å². The van der Waals surface area contributed by atoms with Gasteiger partial charge in [0, 0.05) is 24.9 Å². The molecule has 3 nitrogen and oxygen atoms in total. The van der Waals surface area contributed by atoms with Crippen molar-refractivity contribution in [1.82, 2.24) is 4.98 Å². The fraction of sp³-hybridized carbons (Fsp3) is 0.267. The first-order valence-electron chi connectivity index (χ1n) is 6.07. The second-order valence-corrected chi connectivity index (χ2v) is 4.48. The van der Waals surface area contributed by atoms with Gasteiger partial charge in [0.15, 0.2) is 0 Å². The zero-order valence-electron chi connectivity index (χ0n) is 10.5. The number of aromatic nitrogens is 1. The third-order valence-corrected chi connectivity index (χ3v) is 3.17. The van der Waals surface area contributed by atoms with Crippen molar-refractivity contribution < 1.29 is 5.11 Å². The van der Waals surface area contributed by atoms with Gasteiger partial charge in [-0.2, -0.15) is 0 Å². The van der Waals surface area contributed by atoms with Crippen molar-refractivity contribution >= 4 is 0 Å². The van der Waals surface area contributed by atoms with Gasteiger partial charge in [-0.15, -0.1) is 0 Å². The van der Waals surface area contributed by atoms with Gasteiger partial charge in [-0.1, -0.05) is 35.9 Å². The first-order chi connectivity index (χ1) is 8.72. The van der Waals surface area contributed by atoms with Crippen LogP contribution >= 0.6 is 0 Å². The summed E-state index contributed by atoms with van der Waals surface area (Å²) in [5.74, 6) is -0.102. The molecule has 2 rings (SSSR count). The van der Waals surface area contributed by atoms with E-state index < -0.39 is 6.10 Å². The summed E-state index contributed by atoms with van der Waals surface area (Å²) in [5.41, 5.74) is 8.85. The van der Waals surface area contributed by atoms with Crippen molar-refractivity contribution in [1.29, 1.82) is 0 Å². The SMILES string of the molecule is Cc1ccc(C(CN)C(O)c2cccnc2)cc1. The number of nitrogens with two attached hydrogens (primary N) is 1. The highest BCUT2D eigenvalue weighted by atomic mass is 16.3. The Bertz CT molecular complexity index is 482. The normalized spacial score (nSPS) is 14.2. The highest BCUT2D eigenvalue weighted by Crippen LogP contribution is 2.29. The van der Waals surface area contributed by atoms with Crippen LogP contribution in [0.4, 0.5) is 0 Å². The molecule has 0 aliphatic heterocycles. The summed E-state index contributed by atoms with van der Waals surface area (Å²) in [6, 6.07) is 11.8. The number of hydrogen-bond donors (Lipinski definition) is 2. The molecule has 0 amide bonds. The maximum Gasteiger partial charge on any atom is 0.0885 e. The Hall–Kier alpha value is -1.71. The molecule has 0 saturated heterocycles. The Morgan fingerprint density at radius 3 is 2.44 bits per heavy atom. The van der Waals surface area contributed by atoms with E-state index in [9.17, 15) is 5.11 Å². The van der Waals surface area contributed by atoms with E-state index in [2.05, 4.69) is 4.98 Å². The lowest BCUT2D eigenvalue weighted by atomic mass is 9.89. The van der Waals surface area contributed by atoms with Crippen LogP contribution in [0.3, 0.4) is 0 Å². The van der Waals surface area contributed by atoms with Crippen LogP contribution in [0.25, 0.3) is 0 Å². The van der Waals surface area contributed by atoms with Gasteiger partial charge in [0.05, 0.1) is 6.10 Å². The molecule has 0 saturated carbocycles. The Morgan fingerprint density at radius 1 is 1.17 bits per heavy atom. The standard InChI is InChI=1S/C15H18N2O/c1-11-4-6-12(7-5-11)14(9-16)15(18)13-3-2-8-17-10-13/h2-8,10,14-15,18H,9,16H2,1H3. The highest BCUT2D eigenvalue weighted by molar-refractivity contribution is 5.28. The molecule has 0 radical (unpaired) electrons. The number of aryl methyl sites for hydroxylation is 1. The minimum atomic E-state index is -0.619. The second kappa shape index (κ2) is 5.76. The molecule has 2 aromatic rings. The number of hydrogen-bond acceptors (Lipinski definition) is 3. The van der Waals surface area contributed by atoms with E-state index in [-0.39, 0.29) is 5.92 Å². The van der Waals surface area contributed by atoms with Crippen LogP contribution in [0.15, 0.2) is 48.8 Å². The van der Waals surface area contributed by atoms with Crippen molar-refractivity contribution in [2.75, 3.05) is 6.54 Å². The maximum atomic E-state index is 10.4. The van der Waals surface area contributed by atoms with E-state index in [4.69, 9.17) is 5.73 Å². The summed E-state index contributed by atoms with van der Waals surface area (Å²) in [4.78, 5) is 4.03. The molecular formula is C15H18N2O. The molecule has 2 atom stereocenters. The van der Waals surface area contributed by atoms with Crippen molar-refractivity contribution in [3.63, 3.8) is 0 Å². The Kier molecular flexibility index (Phi) is 4.07. The van der Waals surface area contributed by atoms with Gasteiger partial charge in [-0.25, -0.2) is 0 Å². The van der Waals surface area contributed by atoms with E-state index in [1.165, 1.54) is 5.56 Å². The molecule has 1 aromatic carbocycles. The number of rotatable bonds is 4. The monoisotopic (exact) mass is 242 g/mol. The largest absolute Gasteiger partial charge is 0.388 e. The van der Waals surface area contributed by atoms with Crippen LogP contribution in [-0.4, -0.2) is 16.6 Å². The predicted octanol–water partition coefficient (Wildman–Crippen LogP) is 2.17. The van der Waals surface area contributed by atoms with Crippen molar-refractivity contribution in [3.8, 4) is 0 Å². The zero-order chi connectivity index (χ0) is 13.0. The first-order valence-corrected chi connectivity index (χ1v) is 6.07. The summed E-state index contributed by atoms with van der Waals surface area (Å²) in [6.07, 6.45) is 2.76. The molecule has 3 heteroatoms. The number of aliphatic hydroxyl groups excluding tert-OH is 1. The van der Waals surface area contributed by atoms with Gasteiger partial charge in [0.25, 0.3) is 0 Å². The summed E-state index contributed by atoms with van der Waals surface area (Å²) >= 11 is 0. The quantitative estimate of drug-likeness (QED) is 0.863. The Labute approximate surface area is 107 Å². The minimum absolute atomic E-state index is 0.102. The predicted molar refractivity (Wildman–Crippen MR) is 72.2 cm³/mol. The summed E-state index contributed by atoms with van der Waals surface area (Å²) < 4.78 is 0. The fourth-order valence-electron chi connectivity index (χ4n) is 2.04. The first kappa shape index (κ1) is 12.7. The number of benzene rings is 1. The number of nitrogens with zero attached hydrogens (tertiary/aromatic N) is 1. The average Bonchev–Trinajstić information content (AvgIpc) is 2.42. The molecule has 1 aromatic heterocycles. The molecule has 2 unspecified atom stereocenters. The van der Waals surface area contributed by atoms with Crippen LogP contribution in [0, 0.1) is 6.92 Å². The molecule has 0 bridgehead atoms. The van der Waals surface area contributed by atoms with Gasteiger partial charge in [0.1, 0.15) is 0 Å². The third kappa shape index (κ3) is 2.75. The van der Waals surface area contributed by atoms with E-state index in [0.717, 1.165) is 11.1 Å². The van der Waals surface area contributed by atoms with Gasteiger partial charge in [-0.05, 0) is 24.1 Å². The number of aliphatic hydroxyl groups is 1. The van der Waals surface area contributed by atoms with Gasteiger partial charge in [0.2, 0.25) is 0 Å². The second-order valence-electron chi connectivity index (χ2n) is 4.48. The maximum absolute atomic E-state index is 10.4. The van der Waals surface area contributed by atoms with Gasteiger partial charge < -0.3 is 10.8 Å². The van der Waals surface area contributed by atoms with Crippen LogP contribution in [-0.2, 0) is 0 Å². The Morgan fingerprint density at radius 2 is 1.89 bits per heavy atom. The van der Waals surface area contributed by atoms with Crippen molar-refractivity contribution in [3.05, 3.63) is 65.5 Å². The molecular weight excluding hydrogens is 224 g/mol. The third-order valence-electron chi connectivity index (χ3n) is 3.17. The molecule has 3 N–H and O–H groups in total. The molecule has 0 aliphatic carbocycles. The molecule has 1 heterocycles. The van der Waals surface area contributed by atoms with Crippen molar-refractivity contribution in [2.45, 2.75) is 18.9 Å². The van der Waals surface area contributed by atoms with E-state index >= 15 is 0 Å². The molecule has 18 heavy (non-hydrogen) atoms. The summed E-state index contributed by atoms with van der Waals surface area (Å²) in [6.45, 7) is 2.44. The zero-order valence-corrected chi connectivity index (χ0v) is 10.5. The van der Waals surface area contributed by atoms with E-state index in [1.54, 1.807) is 12.4 Å². The smallest absolute Gasteiger partial charge is 0.0885 e. The van der Waals surface area contributed by atoms with E-state index in [0.29, 0.717) is 6.54 Å². The van der Waals surface area contributed by atoms with Crippen molar-refractivity contribution in [2.24, 2.45) is 5.73 Å². The summed E-state index contributed by atoms with van der Waals surface area (Å²) in [5, 5.41) is 10.4. The van der Waals surface area contributed by atoms with Crippen LogP contribution in [0.2, 0.25) is 0 Å². The molecule has 94 valence electrons. The molecule has 0 fully saturated rings. The molecule has 0 spiro atoms. The topological polar surface area (TPSA) is 59.1 Å². The Balaban J connectivity index is 2.26. The lowest BCUT2D eigenvalue weighted by Gasteiger charge is -2.22.